The number of aryl methyl sites for hydroxylation is 6. The molecule has 0 aliphatic heterocycles. The maximum atomic E-state index is 15.1. The molecule has 2 N–H and O–H groups in total. The lowest BCUT2D eigenvalue weighted by Gasteiger charge is -2.38. The summed E-state index contributed by atoms with van der Waals surface area (Å²) in [6, 6.07) is 44.9. The summed E-state index contributed by atoms with van der Waals surface area (Å²) in [7, 11) is -3.59. The van der Waals surface area contributed by atoms with Crippen molar-refractivity contribution < 1.29 is 23.1 Å². The van der Waals surface area contributed by atoms with E-state index in [1.165, 1.54) is 15.0 Å². The van der Waals surface area contributed by atoms with Crippen molar-refractivity contribution in [3.8, 4) is 0 Å². The zero-order chi connectivity index (χ0) is 68.4. The molecule has 0 radical (unpaired) electrons. The molecule has 12 rings (SSSR count). The van der Waals surface area contributed by atoms with Gasteiger partial charge in [0.05, 0.1) is 5.56 Å². The summed E-state index contributed by atoms with van der Waals surface area (Å²) in [5, 5.41) is 16.9. The number of pyridine rings is 6. The number of aldehydes is 1. The van der Waals surface area contributed by atoms with Crippen LogP contribution in [0, 0.1) is 21.4 Å². The van der Waals surface area contributed by atoms with E-state index in [-0.39, 0.29) is 16.2 Å². The molecule has 9 aromatic heterocycles. The van der Waals surface area contributed by atoms with Crippen LogP contribution in [0.1, 0.15) is 114 Å². The molecule has 0 bridgehead atoms. The molecule has 12 aromatic rings. The Morgan fingerprint density at radius 3 is 1.42 bits per heavy atom. The third kappa shape index (κ3) is 17.8. The highest BCUT2D eigenvalue weighted by atomic mass is 127. The molecule has 492 valence electrons. The first kappa shape index (κ1) is 71.9. The van der Waals surface area contributed by atoms with E-state index < -0.39 is 40.4 Å². The van der Waals surface area contributed by atoms with Crippen LogP contribution in [-0.4, -0.2) is 71.2 Å². The van der Waals surface area contributed by atoms with E-state index in [2.05, 4.69) is 146 Å². The normalized spacial score (nSPS) is 12.2. The predicted octanol–water partition coefficient (Wildman–Crippen LogP) is 20.0. The highest BCUT2D eigenvalue weighted by Gasteiger charge is 2.40. The smallest absolute Gasteiger partial charge is 0.223 e. The molecule has 0 spiro atoms. The van der Waals surface area contributed by atoms with Crippen molar-refractivity contribution in [2.75, 3.05) is 0 Å². The zero-order valence-corrected chi connectivity index (χ0v) is 61.4. The number of benzene rings is 3. The van der Waals surface area contributed by atoms with Crippen molar-refractivity contribution in [2.24, 2.45) is 0 Å². The Morgan fingerprint density at radius 1 is 0.516 bits per heavy atom. The highest BCUT2D eigenvalue weighted by molar-refractivity contribution is 14.1. The number of H-pyrrole nitrogens is 1. The number of halogens is 7. The van der Waals surface area contributed by atoms with Gasteiger partial charge in [-0.3, -0.25) is 4.79 Å². The minimum Gasteiger partial charge on any atom is -0.383 e. The fourth-order valence-corrected chi connectivity index (χ4v) is 15.6. The number of rotatable bonds is 16. The summed E-state index contributed by atoms with van der Waals surface area (Å²) in [5.41, 5.74) is 10.6. The fourth-order valence-electron chi connectivity index (χ4n) is 10.5. The Bertz CT molecular complexity index is 4590. The Morgan fingerprint density at radius 2 is 0.947 bits per heavy atom. The van der Waals surface area contributed by atoms with Crippen molar-refractivity contribution >= 4 is 113 Å². The molecule has 0 saturated carbocycles. The molecular weight excluding hydrogens is 1410 g/mol. The van der Waals surface area contributed by atoms with Gasteiger partial charge in [0.25, 0.3) is 0 Å². The summed E-state index contributed by atoms with van der Waals surface area (Å²) >= 11 is 20.0. The number of fused-ring (bicyclic) bond motifs is 3. The molecule has 20 heteroatoms. The van der Waals surface area contributed by atoms with Crippen LogP contribution in [0.2, 0.25) is 51.3 Å². The highest BCUT2D eigenvalue weighted by Crippen LogP contribution is 2.42. The molecule has 0 saturated heterocycles. The Kier molecular flexibility index (Phi) is 23.6. The van der Waals surface area contributed by atoms with E-state index in [0.717, 1.165) is 79.9 Å². The van der Waals surface area contributed by atoms with Crippen LogP contribution in [-0.2, 0) is 44.9 Å². The molecule has 9 heterocycles. The second-order valence-electron chi connectivity index (χ2n) is 26.6. The molecule has 0 aliphatic rings. The van der Waals surface area contributed by atoms with Crippen LogP contribution < -0.4 is 0 Å². The number of hydrogen-bond donors (Lipinski definition) is 2. The van der Waals surface area contributed by atoms with Crippen LogP contribution in [0.4, 0.5) is 13.2 Å². The van der Waals surface area contributed by atoms with Gasteiger partial charge >= 0.3 is 0 Å². The number of aromatic nitrogens is 9. The lowest BCUT2D eigenvalue weighted by molar-refractivity contribution is 0.111. The van der Waals surface area contributed by atoms with E-state index in [9.17, 15) is 18.7 Å². The van der Waals surface area contributed by atoms with Gasteiger partial charge in [0.2, 0.25) is 17.8 Å². The number of nitrogens with zero attached hydrogens (tertiary/aromatic N) is 8. The van der Waals surface area contributed by atoms with E-state index in [4.69, 9.17) is 34.8 Å². The number of hydrogen-bond acceptors (Lipinski definition) is 8. The number of aliphatic hydroxyl groups is 1. The lowest BCUT2D eigenvalue weighted by atomic mass is 10.0. The molecule has 0 amide bonds. The summed E-state index contributed by atoms with van der Waals surface area (Å²) in [4.78, 5) is 39.1. The Balaban J connectivity index is 0.000000155. The molecule has 0 aliphatic carbocycles. The van der Waals surface area contributed by atoms with Gasteiger partial charge in [-0.1, -0.05) is 145 Å². The van der Waals surface area contributed by atoms with Crippen LogP contribution in [0.15, 0.2) is 183 Å². The number of nitrogens with one attached hydrogen (secondary N) is 1. The van der Waals surface area contributed by atoms with Crippen LogP contribution >= 0.6 is 57.4 Å². The summed E-state index contributed by atoms with van der Waals surface area (Å²) in [6.07, 6.45) is 15.5. The van der Waals surface area contributed by atoms with Crippen molar-refractivity contribution in [3.05, 3.63) is 281 Å². The summed E-state index contributed by atoms with van der Waals surface area (Å²) in [5.74, 6) is -1.76. The SMILES string of the molecule is CC(C)(C)[Si](C)(C)n1cc(C(O)c2ccc(CCc3ccc(Cl)cc3)nc2F)c2cccnc21.CC(C)(C)[Si](C)(C)n1cc(I)c2cccnc21.Fc1nc(CCc2ccc(Cl)cc2)ccc1Cc1c[nH]c2ncccc12.O=Cc1ccc(CCc2ccc(Cl)cc2)nc1F. The Hall–Kier alpha value is -7.37. The monoisotopic (exact) mass is 1480 g/mol. The molecular formula is C75H78Cl3F3IN9O2Si2. The third-order valence-corrected chi connectivity index (χ3v) is 30.3. The van der Waals surface area contributed by atoms with E-state index >= 15 is 4.39 Å². The van der Waals surface area contributed by atoms with Gasteiger partial charge in [0.1, 0.15) is 23.0 Å². The van der Waals surface area contributed by atoms with Gasteiger partial charge in [-0.05, 0) is 197 Å². The van der Waals surface area contributed by atoms with Crippen molar-refractivity contribution in [1.82, 2.24) is 43.4 Å². The summed E-state index contributed by atoms with van der Waals surface area (Å²) < 4.78 is 48.8. The molecule has 1 atom stereocenters. The van der Waals surface area contributed by atoms with Crippen LogP contribution in [0.5, 0.6) is 0 Å². The summed E-state index contributed by atoms with van der Waals surface area (Å²) in [6.45, 7) is 23.1. The predicted molar refractivity (Wildman–Crippen MR) is 395 cm³/mol. The molecule has 3 aromatic carbocycles. The number of aliphatic hydroxyl groups excluding tert-OH is 1. The van der Waals surface area contributed by atoms with E-state index in [1.807, 2.05) is 134 Å². The van der Waals surface area contributed by atoms with Crippen LogP contribution in [0.3, 0.4) is 0 Å². The van der Waals surface area contributed by atoms with Gasteiger partial charge < -0.3 is 18.6 Å². The van der Waals surface area contributed by atoms with Gasteiger partial charge in [0.15, 0.2) is 22.8 Å². The maximum absolute atomic E-state index is 15.1. The van der Waals surface area contributed by atoms with E-state index in [0.29, 0.717) is 69.6 Å². The lowest BCUT2D eigenvalue weighted by Crippen LogP contribution is -2.45. The second-order valence-corrected chi connectivity index (χ2v) is 39.2. The average molecular weight is 1480 g/mol. The third-order valence-electron chi connectivity index (χ3n) is 18.2. The minimum atomic E-state index is -2.02. The quantitative estimate of drug-likeness (QED) is 0.0422. The second kappa shape index (κ2) is 31.2. The number of aromatic amines is 1. The van der Waals surface area contributed by atoms with Gasteiger partial charge in [0, 0.05) is 112 Å². The minimum absolute atomic E-state index is 0.00903. The molecule has 1 unspecified atom stereocenters. The zero-order valence-electron chi connectivity index (χ0n) is 55.0. The molecule has 95 heavy (non-hydrogen) atoms. The van der Waals surface area contributed by atoms with Gasteiger partial charge in [-0.2, -0.15) is 13.2 Å². The average Bonchev–Trinajstić information content (AvgIpc) is 1.62. The van der Waals surface area contributed by atoms with Gasteiger partial charge in [-0.15, -0.1) is 0 Å². The van der Waals surface area contributed by atoms with E-state index in [1.54, 1.807) is 30.6 Å². The molecule has 0 fully saturated rings. The first-order valence-electron chi connectivity index (χ1n) is 31.4. The standard InChI is InChI=1S/C27H31ClFN3OSi.C21H17ClFN3.C14H11ClFNO.C13H19IN2Si/c1-27(2,3)34(4,5)32-17-23(21-7-6-16-30-26(21)32)24(33)22-15-14-20(31-25(22)29)13-10-18-8-11-19(28)12-9-18;22-17-7-3-14(4-8-17)5-9-18-10-6-15(20(23)26-18)12-16-13-25-21-19(16)2-1-11-24-21;15-12-5-1-10(2-6-12)3-7-13-8-4-11(9-18)14(16)17-13;1-13(2,3)17(4,5)16-9-11(14)10-7-6-8-15-12(10)16/h6-9,11-12,14-17,24,33H,10,13H2,1-5H3;1-4,6-8,10-11,13H,5,9,12H2,(H,24,25);1-2,4-6,8-9H,3,7H2;6-9H,1-5H3. The molecule has 11 nitrogen and oxygen atoms in total. The van der Waals surface area contributed by atoms with Gasteiger partial charge in [-0.25, -0.2) is 29.9 Å². The first-order valence-corrected chi connectivity index (χ1v) is 39.5. The fraction of sp³-hybridized carbons (Fsp3) is 0.267. The van der Waals surface area contributed by atoms with Crippen molar-refractivity contribution in [2.45, 2.75) is 129 Å². The topological polar surface area (TPSA) is 140 Å². The largest absolute Gasteiger partial charge is 0.383 e. The van der Waals surface area contributed by atoms with Crippen molar-refractivity contribution in [1.29, 1.82) is 0 Å². The van der Waals surface area contributed by atoms with Crippen molar-refractivity contribution in [3.63, 3.8) is 0 Å². The first-order chi connectivity index (χ1) is 45.1. The number of carbonyl (C=O) groups is 1. The van der Waals surface area contributed by atoms with Crippen LogP contribution in [0.25, 0.3) is 33.1 Å². The Labute approximate surface area is 585 Å². The number of carbonyl (C=O) groups excluding carboxylic acids is 1. The maximum Gasteiger partial charge on any atom is 0.223 e.